The van der Waals surface area contributed by atoms with E-state index in [4.69, 9.17) is 4.74 Å². The van der Waals surface area contributed by atoms with E-state index in [9.17, 15) is 0 Å². The summed E-state index contributed by atoms with van der Waals surface area (Å²) >= 11 is 1.72. The van der Waals surface area contributed by atoms with Gasteiger partial charge in [0.15, 0.2) is 0 Å². The van der Waals surface area contributed by atoms with Crippen LogP contribution in [0.25, 0.3) is 0 Å². The van der Waals surface area contributed by atoms with Gasteiger partial charge >= 0.3 is 0 Å². The Bertz CT molecular complexity index is 456. The fourth-order valence-corrected chi connectivity index (χ4v) is 2.50. The number of pyridine rings is 1. The van der Waals surface area contributed by atoms with E-state index < -0.39 is 0 Å². The summed E-state index contributed by atoms with van der Waals surface area (Å²) in [6.45, 7) is 0. The number of nitrogens with one attached hydrogen (secondary N) is 1. The molecule has 0 bridgehead atoms. The molecule has 2 heterocycles. The molecule has 0 spiro atoms. The van der Waals surface area contributed by atoms with Gasteiger partial charge in [-0.1, -0.05) is 0 Å². The summed E-state index contributed by atoms with van der Waals surface area (Å²) in [6.07, 6.45) is 2.73. The third-order valence-corrected chi connectivity index (χ3v) is 3.45. The van der Waals surface area contributed by atoms with E-state index in [0.29, 0.717) is 0 Å². The minimum atomic E-state index is 0.181. The third kappa shape index (κ3) is 2.84. The van der Waals surface area contributed by atoms with Gasteiger partial charge in [-0.2, -0.15) is 11.3 Å². The summed E-state index contributed by atoms with van der Waals surface area (Å²) in [6, 6.07) is 6.16. The van der Waals surface area contributed by atoms with Crippen LogP contribution in [0.4, 0.5) is 0 Å². The quantitative estimate of drug-likeness (QED) is 0.883. The van der Waals surface area contributed by atoms with Crippen LogP contribution < -0.4 is 10.1 Å². The highest BCUT2D eigenvalue weighted by Gasteiger charge is 2.16. The SMILES string of the molecule is CNC(Cc1ccsc1)c1ncccc1OC. The molecule has 0 aromatic carbocycles. The number of ether oxygens (including phenoxy) is 1. The summed E-state index contributed by atoms with van der Waals surface area (Å²) < 4.78 is 5.35. The zero-order valence-electron chi connectivity index (χ0n) is 10.0. The van der Waals surface area contributed by atoms with E-state index in [-0.39, 0.29) is 6.04 Å². The number of aromatic nitrogens is 1. The second-order valence-electron chi connectivity index (χ2n) is 3.77. The summed E-state index contributed by atoms with van der Waals surface area (Å²) in [4.78, 5) is 4.42. The Balaban J connectivity index is 2.22. The number of likely N-dealkylation sites (N-methyl/N-ethyl adjacent to an activating group) is 1. The largest absolute Gasteiger partial charge is 0.495 e. The van der Waals surface area contributed by atoms with Gasteiger partial charge in [0.05, 0.1) is 18.8 Å². The fourth-order valence-electron chi connectivity index (χ4n) is 1.82. The maximum Gasteiger partial charge on any atom is 0.141 e. The number of rotatable bonds is 5. The first-order valence-electron chi connectivity index (χ1n) is 5.52. The Morgan fingerprint density at radius 2 is 2.35 bits per heavy atom. The summed E-state index contributed by atoms with van der Waals surface area (Å²) in [7, 11) is 3.63. The molecule has 1 atom stereocenters. The van der Waals surface area contributed by atoms with Gasteiger partial charge in [0.25, 0.3) is 0 Å². The summed E-state index contributed by atoms with van der Waals surface area (Å²) in [5.74, 6) is 0.835. The molecule has 2 rings (SSSR count). The van der Waals surface area contributed by atoms with E-state index in [0.717, 1.165) is 17.9 Å². The smallest absolute Gasteiger partial charge is 0.141 e. The van der Waals surface area contributed by atoms with Crippen LogP contribution in [0, 0.1) is 0 Å². The van der Waals surface area contributed by atoms with Crippen molar-refractivity contribution in [2.75, 3.05) is 14.2 Å². The number of thiophene rings is 1. The van der Waals surface area contributed by atoms with Crippen molar-refractivity contribution in [1.29, 1.82) is 0 Å². The first-order valence-corrected chi connectivity index (χ1v) is 6.46. The Kier molecular flexibility index (Phi) is 4.12. The van der Waals surface area contributed by atoms with Crippen molar-refractivity contribution in [3.63, 3.8) is 0 Å². The van der Waals surface area contributed by atoms with Crippen LogP contribution in [0.15, 0.2) is 35.2 Å². The van der Waals surface area contributed by atoms with Gasteiger partial charge < -0.3 is 10.1 Å². The fraction of sp³-hybridized carbons (Fsp3) is 0.308. The molecule has 0 aliphatic rings. The number of hydrogen-bond donors (Lipinski definition) is 1. The molecular formula is C13H16N2OS. The molecule has 17 heavy (non-hydrogen) atoms. The van der Waals surface area contributed by atoms with Crippen LogP contribution >= 0.6 is 11.3 Å². The van der Waals surface area contributed by atoms with Crippen LogP contribution in [-0.4, -0.2) is 19.1 Å². The van der Waals surface area contributed by atoms with E-state index in [1.54, 1.807) is 24.6 Å². The van der Waals surface area contributed by atoms with Gasteiger partial charge in [-0.3, -0.25) is 4.98 Å². The maximum atomic E-state index is 5.35. The highest BCUT2D eigenvalue weighted by atomic mass is 32.1. The first kappa shape index (κ1) is 12.1. The molecule has 1 unspecified atom stereocenters. The predicted molar refractivity (Wildman–Crippen MR) is 70.6 cm³/mol. The summed E-state index contributed by atoms with van der Waals surface area (Å²) in [5.41, 5.74) is 2.28. The molecule has 90 valence electrons. The van der Waals surface area contributed by atoms with E-state index >= 15 is 0 Å². The normalized spacial score (nSPS) is 12.4. The van der Waals surface area contributed by atoms with Gasteiger partial charge in [-0.15, -0.1) is 0 Å². The molecule has 0 saturated carbocycles. The zero-order chi connectivity index (χ0) is 12.1. The Morgan fingerprint density at radius 3 is 3.00 bits per heavy atom. The van der Waals surface area contributed by atoms with Crippen molar-refractivity contribution in [2.24, 2.45) is 0 Å². The topological polar surface area (TPSA) is 34.2 Å². The third-order valence-electron chi connectivity index (χ3n) is 2.72. The monoisotopic (exact) mass is 248 g/mol. The minimum Gasteiger partial charge on any atom is -0.495 e. The molecule has 0 amide bonds. The number of nitrogens with zero attached hydrogens (tertiary/aromatic N) is 1. The average molecular weight is 248 g/mol. The van der Waals surface area contributed by atoms with Crippen molar-refractivity contribution in [1.82, 2.24) is 10.3 Å². The molecule has 0 fully saturated rings. The van der Waals surface area contributed by atoms with Crippen LogP contribution in [-0.2, 0) is 6.42 Å². The first-order chi connectivity index (χ1) is 8.35. The van der Waals surface area contributed by atoms with Crippen molar-refractivity contribution in [3.05, 3.63) is 46.4 Å². The van der Waals surface area contributed by atoms with E-state index in [1.807, 2.05) is 19.2 Å². The van der Waals surface area contributed by atoms with Gasteiger partial charge in [0.2, 0.25) is 0 Å². The lowest BCUT2D eigenvalue weighted by Crippen LogP contribution is -2.20. The molecule has 3 nitrogen and oxygen atoms in total. The molecule has 4 heteroatoms. The molecule has 1 N–H and O–H groups in total. The Labute approximate surface area is 105 Å². The lowest BCUT2D eigenvalue weighted by Gasteiger charge is -2.17. The van der Waals surface area contributed by atoms with Crippen LogP contribution in [0.2, 0.25) is 0 Å². The molecular weight excluding hydrogens is 232 g/mol. The van der Waals surface area contributed by atoms with Gasteiger partial charge in [0.1, 0.15) is 5.75 Å². The van der Waals surface area contributed by atoms with Crippen LogP contribution in [0.5, 0.6) is 5.75 Å². The second kappa shape index (κ2) is 5.80. The van der Waals surface area contributed by atoms with Gasteiger partial charge in [-0.25, -0.2) is 0 Å². The highest BCUT2D eigenvalue weighted by Crippen LogP contribution is 2.25. The Morgan fingerprint density at radius 1 is 1.47 bits per heavy atom. The van der Waals surface area contributed by atoms with Crippen molar-refractivity contribution in [2.45, 2.75) is 12.5 Å². The van der Waals surface area contributed by atoms with Gasteiger partial charge in [-0.05, 0) is 48.0 Å². The molecule has 0 radical (unpaired) electrons. The highest BCUT2D eigenvalue weighted by molar-refractivity contribution is 7.07. The average Bonchev–Trinajstić information content (AvgIpc) is 2.89. The molecule has 0 aliphatic carbocycles. The maximum absolute atomic E-state index is 5.35. The molecule has 2 aromatic rings. The molecule has 2 aromatic heterocycles. The standard InChI is InChI=1S/C13H16N2OS/c1-14-11(8-10-5-7-17-9-10)13-12(16-2)4-3-6-15-13/h3-7,9,11,14H,8H2,1-2H3. The van der Waals surface area contributed by atoms with Crippen LogP contribution in [0.1, 0.15) is 17.3 Å². The lowest BCUT2D eigenvalue weighted by atomic mass is 10.0. The second-order valence-corrected chi connectivity index (χ2v) is 4.55. The van der Waals surface area contributed by atoms with Gasteiger partial charge in [0, 0.05) is 6.20 Å². The van der Waals surface area contributed by atoms with Crippen LogP contribution in [0.3, 0.4) is 0 Å². The molecule has 0 aliphatic heterocycles. The van der Waals surface area contributed by atoms with Crippen molar-refractivity contribution < 1.29 is 4.74 Å². The zero-order valence-corrected chi connectivity index (χ0v) is 10.8. The predicted octanol–water partition coefficient (Wildman–Crippen LogP) is 2.65. The lowest BCUT2D eigenvalue weighted by molar-refractivity contribution is 0.396. The van der Waals surface area contributed by atoms with Crippen molar-refractivity contribution in [3.8, 4) is 5.75 Å². The molecule has 0 saturated heterocycles. The Hall–Kier alpha value is -1.39. The van der Waals surface area contributed by atoms with E-state index in [1.165, 1.54) is 5.56 Å². The number of methoxy groups -OCH3 is 1. The van der Waals surface area contributed by atoms with E-state index in [2.05, 4.69) is 27.1 Å². The summed E-state index contributed by atoms with van der Waals surface area (Å²) in [5, 5.41) is 7.55. The minimum absolute atomic E-state index is 0.181. The number of hydrogen-bond acceptors (Lipinski definition) is 4. The van der Waals surface area contributed by atoms with Crippen molar-refractivity contribution >= 4 is 11.3 Å².